The van der Waals surface area contributed by atoms with E-state index in [0.717, 1.165) is 11.1 Å². The van der Waals surface area contributed by atoms with Gasteiger partial charge in [-0.3, -0.25) is 4.79 Å². The van der Waals surface area contributed by atoms with Crippen LogP contribution in [0, 0.1) is 0 Å². The molecule has 0 unspecified atom stereocenters. The molecule has 0 saturated carbocycles. The number of carbonyl (C=O) groups excluding carboxylic acids is 1. The maximum absolute atomic E-state index is 12.8. The van der Waals surface area contributed by atoms with Crippen LogP contribution in [0.5, 0.6) is 5.75 Å². The summed E-state index contributed by atoms with van der Waals surface area (Å²) in [6, 6.07) is 11.3. The Morgan fingerprint density at radius 3 is 2.32 bits per heavy atom. The highest BCUT2D eigenvalue weighted by atomic mass is 16.5. The van der Waals surface area contributed by atoms with E-state index in [1.807, 2.05) is 0 Å². The molecule has 0 amide bonds. The van der Waals surface area contributed by atoms with Gasteiger partial charge in [0.25, 0.3) is 0 Å². The molecule has 1 aliphatic carbocycles. The molecular weight excluding hydrogens is 360 g/mol. The molecule has 0 bridgehead atoms. The number of allylic oxidation sites excluding steroid dienone is 1. The predicted molar refractivity (Wildman–Crippen MR) is 103 cm³/mol. The summed E-state index contributed by atoms with van der Waals surface area (Å²) in [5.41, 5.74) is 1.64. The van der Waals surface area contributed by atoms with E-state index in [9.17, 15) is 19.5 Å². The first-order valence-corrected chi connectivity index (χ1v) is 8.81. The normalized spacial score (nSPS) is 15.2. The highest BCUT2D eigenvalue weighted by Gasteiger charge is 2.30. The van der Waals surface area contributed by atoms with Crippen LogP contribution in [0.3, 0.4) is 0 Å². The topological polar surface area (TPSA) is 101 Å². The molecule has 0 fully saturated rings. The minimum atomic E-state index is -1.36. The van der Waals surface area contributed by atoms with Gasteiger partial charge in [0, 0.05) is 11.1 Å². The SMILES string of the molecule is CC(C)(Oc1ccc2c(c1)CC/C(=C\c1ccc(C(=O)O)cc1)C2=O)C(=O)O. The number of hydrogen-bond donors (Lipinski definition) is 2. The fourth-order valence-corrected chi connectivity index (χ4v) is 3.02. The highest BCUT2D eigenvalue weighted by Crippen LogP contribution is 2.30. The summed E-state index contributed by atoms with van der Waals surface area (Å²) in [6.45, 7) is 2.94. The second-order valence-electron chi connectivity index (χ2n) is 7.16. The van der Waals surface area contributed by atoms with Gasteiger partial charge in [0.15, 0.2) is 11.4 Å². The van der Waals surface area contributed by atoms with Crippen LogP contribution in [-0.2, 0) is 11.2 Å². The van der Waals surface area contributed by atoms with Crippen molar-refractivity contribution in [3.05, 3.63) is 70.3 Å². The molecule has 0 aromatic heterocycles. The zero-order valence-corrected chi connectivity index (χ0v) is 15.6. The van der Waals surface area contributed by atoms with Crippen molar-refractivity contribution in [2.75, 3.05) is 0 Å². The van der Waals surface area contributed by atoms with Crippen LogP contribution in [0.25, 0.3) is 6.08 Å². The minimum absolute atomic E-state index is 0.0902. The van der Waals surface area contributed by atoms with Crippen molar-refractivity contribution in [2.45, 2.75) is 32.3 Å². The van der Waals surface area contributed by atoms with E-state index >= 15 is 0 Å². The lowest BCUT2D eigenvalue weighted by Crippen LogP contribution is -2.37. The van der Waals surface area contributed by atoms with Crippen LogP contribution in [-0.4, -0.2) is 33.5 Å². The van der Waals surface area contributed by atoms with Crippen molar-refractivity contribution in [1.82, 2.24) is 0 Å². The molecule has 0 saturated heterocycles. The Morgan fingerprint density at radius 1 is 1.04 bits per heavy atom. The molecule has 0 spiro atoms. The van der Waals surface area contributed by atoms with Gasteiger partial charge in [-0.1, -0.05) is 12.1 Å². The number of ketones is 1. The van der Waals surface area contributed by atoms with Crippen molar-refractivity contribution in [2.24, 2.45) is 0 Å². The van der Waals surface area contributed by atoms with E-state index in [0.29, 0.717) is 29.7 Å². The largest absolute Gasteiger partial charge is 0.478 e. The summed E-state index contributed by atoms with van der Waals surface area (Å²) in [5.74, 6) is -1.74. The number of aromatic carboxylic acids is 1. The first-order valence-electron chi connectivity index (χ1n) is 8.81. The molecule has 2 N–H and O–H groups in total. The van der Waals surface area contributed by atoms with E-state index < -0.39 is 17.5 Å². The number of aliphatic carboxylic acids is 1. The van der Waals surface area contributed by atoms with E-state index in [-0.39, 0.29) is 11.3 Å². The van der Waals surface area contributed by atoms with E-state index in [4.69, 9.17) is 9.84 Å². The first kappa shape index (κ1) is 19.4. The molecule has 3 rings (SSSR count). The van der Waals surface area contributed by atoms with Gasteiger partial charge < -0.3 is 14.9 Å². The lowest BCUT2D eigenvalue weighted by Gasteiger charge is -2.23. The second kappa shape index (κ2) is 7.31. The molecule has 6 heteroatoms. The van der Waals surface area contributed by atoms with Gasteiger partial charge in [-0.15, -0.1) is 0 Å². The predicted octanol–water partition coefficient (Wildman–Crippen LogP) is 3.84. The Labute approximate surface area is 162 Å². The Hall–Kier alpha value is -3.41. The second-order valence-corrected chi connectivity index (χ2v) is 7.16. The molecule has 2 aromatic rings. The third kappa shape index (κ3) is 3.96. The van der Waals surface area contributed by atoms with Gasteiger partial charge in [-0.25, -0.2) is 9.59 Å². The van der Waals surface area contributed by atoms with Crippen molar-refractivity contribution < 1.29 is 29.3 Å². The van der Waals surface area contributed by atoms with E-state index in [1.54, 1.807) is 36.4 Å². The van der Waals surface area contributed by atoms with Crippen LogP contribution in [0.1, 0.15) is 52.1 Å². The van der Waals surface area contributed by atoms with Gasteiger partial charge >= 0.3 is 11.9 Å². The lowest BCUT2D eigenvalue weighted by atomic mass is 9.86. The molecule has 0 atom stereocenters. The third-order valence-corrected chi connectivity index (χ3v) is 4.66. The number of benzene rings is 2. The number of ether oxygens (including phenoxy) is 1. The van der Waals surface area contributed by atoms with Gasteiger partial charge in [-0.2, -0.15) is 0 Å². The van der Waals surface area contributed by atoms with Gasteiger partial charge in [0.1, 0.15) is 5.75 Å². The summed E-state index contributed by atoms with van der Waals surface area (Å²) in [5, 5.41) is 18.1. The third-order valence-electron chi connectivity index (χ3n) is 4.66. The maximum Gasteiger partial charge on any atom is 0.347 e. The maximum atomic E-state index is 12.8. The Kier molecular flexibility index (Phi) is 5.05. The van der Waals surface area contributed by atoms with Crippen molar-refractivity contribution in [1.29, 1.82) is 0 Å². The number of rotatable bonds is 5. The standard InChI is InChI=1S/C22H20O6/c1-22(2,21(26)27)28-17-9-10-18-15(12-17)7-8-16(19(18)23)11-13-3-5-14(6-4-13)20(24)25/h3-6,9-12H,7-8H2,1-2H3,(H,24,25)(H,26,27)/b16-11+. The number of carboxylic acids is 2. The number of Topliss-reactive ketones (excluding diaryl/α,β-unsaturated/α-hetero) is 1. The van der Waals surface area contributed by atoms with Crippen molar-refractivity contribution in [3.8, 4) is 5.75 Å². The molecule has 0 heterocycles. The molecule has 28 heavy (non-hydrogen) atoms. The zero-order valence-electron chi connectivity index (χ0n) is 15.6. The van der Waals surface area contributed by atoms with Crippen LogP contribution in [0.2, 0.25) is 0 Å². The van der Waals surface area contributed by atoms with E-state index in [2.05, 4.69) is 0 Å². The smallest absolute Gasteiger partial charge is 0.347 e. The van der Waals surface area contributed by atoms with Crippen LogP contribution < -0.4 is 4.74 Å². The minimum Gasteiger partial charge on any atom is -0.478 e. The first-order chi connectivity index (χ1) is 13.2. The summed E-state index contributed by atoms with van der Waals surface area (Å²) in [6.07, 6.45) is 2.94. The number of fused-ring (bicyclic) bond motifs is 1. The summed E-state index contributed by atoms with van der Waals surface area (Å²) >= 11 is 0. The molecule has 0 aliphatic heterocycles. The Balaban J connectivity index is 1.83. The van der Waals surface area contributed by atoms with Crippen LogP contribution >= 0.6 is 0 Å². The lowest BCUT2D eigenvalue weighted by molar-refractivity contribution is -0.152. The van der Waals surface area contributed by atoms with Crippen molar-refractivity contribution >= 4 is 23.8 Å². The van der Waals surface area contributed by atoms with Crippen molar-refractivity contribution in [3.63, 3.8) is 0 Å². The molecule has 0 radical (unpaired) electrons. The average Bonchev–Trinajstić information content (AvgIpc) is 2.64. The highest BCUT2D eigenvalue weighted by molar-refractivity contribution is 6.13. The van der Waals surface area contributed by atoms with Gasteiger partial charge in [-0.05, 0) is 74.2 Å². The average molecular weight is 380 g/mol. The number of carbonyl (C=O) groups is 3. The molecule has 144 valence electrons. The Bertz CT molecular complexity index is 983. The van der Waals surface area contributed by atoms with Gasteiger partial charge in [0.05, 0.1) is 5.56 Å². The summed E-state index contributed by atoms with van der Waals surface area (Å²) in [7, 11) is 0. The van der Waals surface area contributed by atoms with Crippen LogP contribution in [0.4, 0.5) is 0 Å². The molecular formula is C22H20O6. The fourth-order valence-electron chi connectivity index (χ4n) is 3.02. The Morgan fingerprint density at radius 2 is 1.71 bits per heavy atom. The molecule has 1 aliphatic rings. The number of aryl methyl sites for hydroxylation is 1. The quantitative estimate of drug-likeness (QED) is 0.765. The number of carboxylic acid groups (broad SMARTS) is 2. The zero-order chi connectivity index (χ0) is 20.5. The van der Waals surface area contributed by atoms with Gasteiger partial charge in [0.2, 0.25) is 0 Å². The fraction of sp³-hybridized carbons (Fsp3) is 0.227. The summed E-state index contributed by atoms with van der Waals surface area (Å²) < 4.78 is 5.54. The molecule has 6 nitrogen and oxygen atoms in total. The number of hydrogen-bond acceptors (Lipinski definition) is 4. The summed E-state index contributed by atoms with van der Waals surface area (Å²) in [4.78, 5) is 35.0. The molecule has 2 aromatic carbocycles. The monoisotopic (exact) mass is 380 g/mol. The van der Waals surface area contributed by atoms with E-state index in [1.165, 1.54) is 26.0 Å². The van der Waals surface area contributed by atoms with Crippen LogP contribution in [0.15, 0.2) is 48.0 Å².